The van der Waals surface area contributed by atoms with E-state index in [0.29, 0.717) is 30.2 Å². The van der Waals surface area contributed by atoms with Crippen LogP contribution in [-0.4, -0.2) is 42.9 Å². The van der Waals surface area contributed by atoms with Gasteiger partial charge in [0.05, 0.1) is 12.8 Å². The van der Waals surface area contributed by atoms with Crippen LogP contribution < -0.4 is 20.5 Å². The number of benzene rings is 1. The zero-order valence-electron chi connectivity index (χ0n) is 17.7. The zero-order chi connectivity index (χ0) is 23.4. The molecule has 1 aromatic carbocycles. The number of aryl methyl sites for hydroxylation is 1. The monoisotopic (exact) mass is 462 g/mol. The van der Waals surface area contributed by atoms with Crippen LogP contribution in [0.3, 0.4) is 0 Å². The Balaban J connectivity index is 1.38. The maximum atomic E-state index is 12.8. The number of rotatable bonds is 4. The average Bonchev–Trinajstić information content (AvgIpc) is 3.44. The van der Waals surface area contributed by atoms with Crippen LogP contribution in [0, 0.1) is 12.3 Å². The third kappa shape index (κ3) is 3.70. The van der Waals surface area contributed by atoms with Crippen molar-refractivity contribution >= 4 is 17.6 Å². The van der Waals surface area contributed by atoms with Gasteiger partial charge in [-0.2, -0.15) is 13.2 Å². The van der Waals surface area contributed by atoms with Crippen LogP contribution in [0.25, 0.3) is 0 Å². The number of anilines is 1. The second kappa shape index (κ2) is 7.26. The van der Waals surface area contributed by atoms with Gasteiger partial charge in [0.2, 0.25) is 0 Å². The van der Waals surface area contributed by atoms with Crippen molar-refractivity contribution in [3.63, 3.8) is 0 Å². The fraction of sp³-hybridized carbons (Fsp3) is 0.409. The van der Waals surface area contributed by atoms with Crippen molar-refractivity contribution in [2.45, 2.75) is 31.5 Å². The average molecular weight is 462 g/mol. The molecule has 0 bridgehead atoms. The molecule has 3 aliphatic rings. The molecular weight excluding hydrogens is 441 g/mol. The number of fused-ring (bicyclic) bond motifs is 3. The van der Waals surface area contributed by atoms with E-state index < -0.39 is 24.2 Å². The molecule has 33 heavy (non-hydrogen) atoms. The highest BCUT2D eigenvalue weighted by Crippen LogP contribution is 2.65. The number of nitrogens with zero attached hydrogens (tertiary/aromatic N) is 2. The Bertz CT molecular complexity index is 1160. The molecule has 1 aromatic heterocycles. The van der Waals surface area contributed by atoms with Gasteiger partial charge in [-0.1, -0.05) is 0 Å². The fourth-order valence-corrected chi connectivity index (χ4v) is 4.45. The number of nitrogens with one attached hydrogen (secondary N) is 1. The maximum Gasteiger partial charge on any atom is 0.422 e. The standard InChI is InChI=1S/C22H21F3N4O4/c1-12-6-14(31-11-22(23,24)25)8-27-17(12)18(30)28-13-2-3-16-15(7-13)21(10-33-19(26)29-21)20(4-5-20)9-32-16/h2-3,6-8H,4-5,9-11H2,1H3,(H2,26,29)(H,28,30). The van der Waals surface area contributed by atoms with Crippen LogP contribution in [0.15, 0.2) is 35.5 Å². The topological polar surface area (TPSA) is 108 Å². The first kappa shape index (κ1) is 21.4. The Hall–Kier alpha value is -3.50. The molecule has 3 heterocycles. The summed E-state index contributed by atoms with van der Waals surface area (Å²) in [5, 5.41) is 2.79. The summed E-state index contributed by atoms with van der Waals surface area (Å²) >= 11 is 0. The highest BCUT2D eigenvalue weighted by atomic mass is 19.4. The van der Waals surface area contributed by atoms with Crippen molar-refractivity contribution in [2.75, 3.05) is 25.1 Å². The summed E-state index contributed by atoms with van der Waals surface area (Å²) in [6, 6.07) is 6.74. The molecule has 2 aromatic rings. The summed E-state index contributed by atoms with van der Waals surface area (Å²) in [6.45, 7) is 0.976. The number of alkyl halides is 3. The van der Waals surface area contributed by atoms with Crippen molar-refractivity contribution < 1.29 is 32.2 Å². The molecular formula is C22H21F3N4O4. The van der Waals surface area contributed by atoms with Crippen LogP contribution in [-0.2, 0) is 10.3 Å². The second-order valence-electron chi connectivity index (χ2n) is 8.57. The Kier molecular flexibility index (Phi) is 4.69. The minimum absolute atomic E-state index is 0.0688. The van der Waals surface area contributed by atoms with Gasteiger partial charge in [-0.05, 0) is 49.6 Å². The van der Waals surface area contributed by atoms with Gasteiger partial charge in [0, 0.05) is 16.7 Å². The van der Waals surface area contributed by atoms with Gasteiger partial charge >= 0.3 is 6.18 Å². The Labute approximate surface area is 186 Å². The number of amides is 1. The summed E-state index contributed by atoms with van der Waals surface area (Å²) in [6.07, 6.45) is -1.49. The lowest BCUT2D eigenvalue weighted by Crippen LogP contribution is -2.44. The minimum atomic E-state index is -4.46. The van der Waals surface area contributed by atoms with E-state index >= 15 is 0 Å². The molecule has 1 amide bonds. The molecule has 1 aliphatic carbocycles. The molecule has 8 nitrogen and oxygen atoms in total. The lowest BCUT2D eigenvalue weighted by Gasteiger charge is -2.39. The third-order valence-corrected chi connectivity index (χ3v) is 6.32. The number of aliphatic imine (C=N–C) groups is 1. The molecule has 1 atom stereocenters. The van der Waals surface area contributed by atoms with Gasteiger partial charge in [0.25, 0.3) is 11.9 Å². The molecule has 0 saturated heterocycles. The molecule has 2 aliphatic heterocycles. The summed E-state index contributed by atoms with van der Waals surface area (Å²) in [5.41, 5.74) is 6.77. The van der Waals surface area contributed by atoms with Crippen molar-refractivity contribution in [3.05, 3.63) is 47.3 Å². The predicted molar refractivity (Wildman–Crippen MR) is 111 cm³/mol. The smallest absolute Gasteiger partial charge is 0.422 e. The number of hydrogen-bond donors (Lipinski definition) is 2. The van der Waals surface area contributed by atoms with Crippen LogP contribution in [0.4, 0.5) is 18.9 Å². The van der Waals surface area contributed by atoms with Gasteiger partial charge in [-0.15, -0.1) is 0 Å². The number of nitrogens with two attached hydrogens (primary N) is 1. The molecule has 1 unspecified atom stereocenters. The SMILES string of the molecule is Cc1cc(OCC(F)(F)F)cnc1C(=O)Nc1ccc2c(c1)C1(COC(N)=N1)C1(CC1)CO2. The van der Waals surface area contributed by atoms with Gasteiger partial charge in [0.15, 0.2) is 6.61 Å². The van der Waals surface area contributed by atoms with E-state index in [1.165, 1.54) is 6.07 Å². The normalized spacial score (nSPS) is 22.2. The van der Waals surface area contributed by atoms with Crippen molar-refractivity contribution in [2.24, 2.45) is 16.1 Å². The van der Waals surface area contributed by atoms with E-state index in [4.69, 9.17) is 15.2 Å². The first-order valence-corrected chi connectivity index (χ1v) is 10.3. The number of carbonyl (C=O) groups excluding carboxylic acids is 1. The number of halogens is 3. The van der Waals surface area contributed by atoms with E-state index in [9.17, 15) is 18.0 Å². The van der Waals surface area contributed by atoms with E-state index in [0.717, 1.165) is 24.6 Å². The van der Waals surface area contributed by atoms with E-state index in [1.54, 1.807) is 25.1 Å². The van der Waals surface area contributed by atoms with Crippen LogP contribution in [0.5, 0.6) is 11.5 Å². The molecule has 1 saturated carbocycles. The van der Waals surface area contributed by atoms with Crippen LogP contribution in [0.2, 0.25) is 0 Å². The summed E-state index contributed by atoms with van der Waals surface area (Å²) in [4.78, 5) is 21.5. The van der Waals surface area contributed by atoms with Crippen molar-refractivity contribution in [1.29, 1.82) is 0 Å². The molecule has 1 fully saturated rings. The van der Waals surface area contributed by atoms with E-state index in [-0.39, 0.29) is 22.9 Å². The molecule has 3 N–H and O–H groups in total. The Morgan fingerprint density at radius 2 is 2.03 bits per heavy atom. The summed E-state index contributed by atoms with van der Waals surface area (Å²) < 4.78 is 53.2. The first-order valence-electron chi connectivity index (χ1n) is 10.3. The lowest BCUT2D eigenvalue weighted by atomic mass is 9.74. The highest BCUT2D eigenvalue weighted by molar-refractivity contribution is 6.04. The highest BCUT2D eigenvalue weighted by Gasteiger charge is 2.66. The summed E-state index contributed by atoms with van der Waals surface area (Å²) in [5.74, 6) is 0.0844. The van der Waals surface area contributed by atoms with Gasteiger partial charge in [-0.25, -0.2) is 9.98 Å². The molecule has 0 radical (unpaired) electrons. The van der Waals surface area contributed by atoms with E-state index in [2.05, 4.69) is 20.0 Å². The Morgan fingerprint density at radius 1 is 1.24 bits per heavy atom. The Morgan fingerprint density at radius 3 is 2.67 bits per heavy atom. The number of hydrogen-bond acceptors (Lipinski definition) is 7. The fourth-order valence-electron chi connectivity index (χ4n) is 4.45. The number of aromatic nitrogens is 1. The maximum absolute atomic E-state index is 12.8. The van der Waals surface area contributed by atoms with Crippen LogP contribution in [0.1, 0.15) is 34.5 Å². The number of carbonyl (C=O) groups is 1. The summed E-state index contributed by atoms with van der Waals surface area (Å²) in [7, 11) is 0. The first-order chi connectivity index (χ1) is 15.6. The zero-order valence-corrected chi connectivity index (χ0v) is 17.7. The third-order valence-electron chi connectivity index (χ3n) is 6.32. The molecule has 11 heteroatoms. The van der Waals surface area contributed by atoms with Crippen molar-refractivity contribution in [3.8, 4) is 11.5 Å². The molecule has 5 rings (SSSR count). The molecule has 174 valence electrons. The second-order valence-corrected chi connectivity index (χ2v) is 8.57. The minimum Gasteiger partial charge on any atom is -0.493 e. The van der Waals surface area contributed by atoms with Gasteiger partial charge in [-0.3, -0.25) is 4.79 Å². The van der Waals surface area contributed by atoms with Gasteiger partial charge < -0.3 is 25.3 Å². The van der Waals surface area contributed by atoms with Gasteiger partial charge in [0.1, 0.15) is 29.3 Å². The largest absolute Gasteiger partial charge is 0.493 e. The quantitative estimate of drug-likeness (QED) is 0.722. The number of amidine groups is 1. The molecule has 2 spiro atoms. The van der Waals surface area contributed by atoms with Crippen LogP contribution >= 0.6 is 0 Å². The lowest BCUT2D eigenvalue weighted by molar-refractivity contribution is -0.153. The van der Waals surface area contributed by atoms with Crippen molar-refractivity contribution in [1.82, 2.24) is 4.98 Å². The number of pyridine rings is 1. The van der Waals surface area contributed by atoms with E-state index in [1.807, 2.05) is 0 Å². The number of ether oxygens (including phenoxy) is 3. The predicted octanol–water partition coefficient (Wildman–Crippen LogP) is 3.30.